The number of halogens is 1. The van der Waals surface area contributed by atoms with Crippen molar-refractivity contribution in [3.63, 3.8) is 0 Å². The molecular formula is C20H18ClN5O4. The van der Waals surface area contributed by atoms with Gasteiger partial charge in [0.2, 0.25) is 11.9 Å². The fourth-order valence-electron chi connectivity index (χ4n) is 3.17. The Morgan fingerprint density at radius 3 is 2.93 bits per heavy atom. The van der Waals surface area contributed by atoms with Crippen LogP contribution in [0.5, 0.6) is 11.5 Å². The Kier molecular flexibility index (Phi) is 5.53. The third-order valence-corrected chi connectivity index (χ3v) is 4.91. The van der Waals surface area contributed by atoms with Gasteiger partial charge < -0.3 is 14.8 Å². The standard InChI is InChI=1S/C20H18ClN5O4/c1-29-17-8-12(15-9-18(27)25-20-22-11-23-26(15)20)6-7-16(17)30-10-19(28)24-14-5-3-2-4-13(14)21/h2-8,11,15H,9-10H2,1H3,(H,24,28)(H,22,23,25,27)/t15-/m0/s1. The Bertz CT molecular complexity index is 1100. The highest BCUT2D eigenvalue weighted by atomic mass is 35.5. The summed E-state index contributed by atoms with van der Waals surface area (Å²) in [4.78, 5) is 28.2. The zero-order chi connectivity index (χ0) is 21.1. The zero-order valence-corrected chi connectivity index (χ0v) is 16.7. The van der Waals surface area contributed by atoms with E-state index in [-0.39, 0.29) is 30.9 Å². The van der Waals surface area contributed by atoms with E-state index in [4.69, 9.17) is 21.1 Å². The number of aromatic nitrogens is 3. The summed E-state index contributed by atoms with van der Waals surface area (Å²) in [5, 5.41) is 10.0. The molecule has 154 valence electrons. The van der Waals surface area contributed by atoms with Crippen molar-refractivity contribution < 1.29 is 19.1 Å². The van der Waals surface area contributed by atoms with Crippen molar-refractivity contribution in [2.45, 2.75) is 12.5 Å². The number of nitrogens with one attached hydrogen (secondary N) is 2. The fraction of sp³-hybridized carbons (Fsp3) is 0.200. The second-order valence-corrected chi connectivity index (χ2v) is 6.93. The van der Waals surface area contributed by atoms with Crippen LogP contribution in [-0.2, 0) is 9.59 Å². The van der Waals surface area contributed by atoms with Crippen LogP contribution in [0.1, 0.15) is 18.0 Å². The van der Waals surface area contributed by atoms with Crippen LogP contribution in [0.3, 0.4) is 0 Å². The number of hydrogen-bond acceptors (Lipinski definition) is 6. The summed E-state index contributed by atoms with van der Waals surface area (Å²) in [6.45, 7) is -0.222. The van der Waals surface area contributed by atoms with E-state index in [0.717, 1.165) is 5.56 Å². The number of para-hydroxylation sites is 1. The first-order valence-electron chi connectivity index (χ1n) is 9.09. The second kappa shape index (κ2) is 8.42. The van der Waals surface area contributed by atoms with Gasteiger partial charge in [-0.1, -0.05) is 29.8 Å². The molecule has 30 heavy (non-hydrogen) atoms. The molecule has 2 N–H and O–H groups in total. The predicted octanol–water partition coefficient (Wildman–Crippen LogP) is 2.89. The highest BCUT2D eigenvalue weighted by molar-refractivity contribution is 6.33. The van der Waals surface area contributed by atoms with Gasteiger partial charge in [0.05, 0.1) is 30.3 Å². The van der Waals surface area contributed by atoms with Crippen LogP contribution >= 0.6 is 11.6 Å². The monoisotopic (exact) mass is 427 g/mol. The molecule has 4 rings (SSSR count). The lowest BCUT2D eigenvalue weighted by molar-refractivity contribution is -0.118. The first-order valence-corrected chi connectivity index (χ1v) is 9.47. The molecule has 0 unspecified atom stereocenters. The van der Waals surface area contributed by atoms with Gasteiger partial charge in [-0.05, 0) is 29.8 Å². The van der Waals surface area contributed by atoms with E-state index in [9.17, 15) is 9.59 Å². The number of benzene rings is 2. The van der Waals surface area contributed by atoms with Crippen LogP contribution in [0.15, 0.2) is 48.8 Å². The first-order chi connectivity index (χ1) is 14.5. The molecule has 1 aliphatic rings. The van der Waals surface area contributed by atoms with Crippen molar-refractivity contribution in [3.8, 4) is 11.5 Å². The Balaban J connectivity index is 1.48. The van der Waals surface area contributed by atoms with E-state index in [1.54, 1.807) is 47.1 Å². The third-order valence-electron chi connectivity index (χ3n) is 4.58. The molecule has 2 aromatic carbocycles. The van der Waals surface area contributed by atoms with Gasteiger partial charge >= 0.3 is 0 Å². The van der Waals surface area contributed by atoms with Crippen LogP contribution in [0.25, 0.3) is 0 Å². The molecule has 0 bridgehead atoms. The van der Waals surface area contributed by atoms with Gasteiger partial charge in [-0.2, -0.15) is 10.1 Å². The molecule has 3 aromatic rings. The fourth-order valence-corrected chi connectivity index (χ4v) is 3.35. The van der Waals surface area contributed by atoms with Crippen LogP contribution < -0.4 is 20.1 Å². The minimum absolute atomic E-state index is 0.143. The number of carbonyl (C=O) groups is 2. The molecule has 9 nitrogen and oxygen atoms in total. The van der Waals surface area contributed by atoms with E-state index < -0.39 is 0 Å². The molecule has 0 saturated carbocycles. The lowest BCUT2D eigenvalue weighted by Crippen LogP contribution is -2.29. The number of methoxy groups -OCH3 is 1. The van der Waals surface area contributed by atoms with Gasteiger partial charge in [-0.3, -0.25) is 14.9 Å². The molecule has 0 spiro atoms. The SMILES string of the molecule is COc1cc([C@@H]2CC(=O)Nc3ncnn32)ccc1OCC(=O)Nc1ccccc1Cl. The third kappa shape index (κ3) is 4.06. The van der Waals surface area contributed by atoms with Crippen LogP contribution in [0, 0.1) is 0 Å². The van der Waals surface area contributed by atoms with E-state index in [1.807, 2.05) is 0 Å². The van der Waals surface area contributed by atoms with Crippen molar-refractivity contribution in [3.05, 3.63) is 59.4 Å². The van der Waals surface area contributed by atoms with Gasteiger partial charge in [-0.25, -0.2) is 4.68 Å². The van der Waals surface area contributed by atoms with Crippen LogP contribution in [-0.4, -0.2) is 40.3 Å². The minimum atomic E-state index is -0.356. The Labute approximate surface area is 177 Å². The second-order valence-electron chi connectivity index (χ2n) is 6.52. The molecular weight excluding hydrogens is 410 g/mol. The molecule has 1 aromatic heterocycles. The normalized spacial score (nSPS) is 15.1. The molecule has 0 fully saturated rings. The van der Waals surface area contributed by atoms with Gasteiger partial charge in [0.25, 0.3) is 5.91 Å². The summed E-state index contributed by atoms with van der Waals surface area (Å²) in [5.41, 5.74) is 1.32. The number of anilines is 2. The molecule has 0 aliphatic carbocycles. The Morgan fingerprint density at radius 1 is 1.30 bits per heavy atom. The number of nitrogens with zero attached hydrogens (tertiary/aromatic N) is 3. The maximum Gasteiger partial charge on any atom is 0.262 e. The summed E-state index contributed by atoms with van der Waals surface area (Å²) >= 11 is 6.05. The lowest BCUT2D eigenvalue weighted by Gasteiger charge is -2.24. The van der Waals surface area contributed by atoms with Gasteiger partial charge in [0.1, 0.15) is 6.33 Å². The molecule has 1 aliphatic heterocycles. The summed E-state index contributed by atoms with van der Waals surface area (Å²) in [6.07, 6.45) is 1.61. The number of carbonyl (C=O) groups excluding carboxylic acids is 2. The number of amides is 2. The van der Waals surface area contributed by atoms with Gasteiger partial charge in [-0.15, -0.1) is 0 Å². The highest BCUT2D eigenvalue weighted by Crippen LogP contribution is 2.35. The maximum absolute atomic E-state index is 12.2. The first kappa shape index (κ1) is 19.7. The number of rotatable bonds is 6. The lowest BCUT2D eigenvalue weighted by atomic mass is 10.0. The molecule has 2 heterocycles. The summed E-state index contributed by atoms with van der Waals surface area (Å²) in [6, 6.07) is 11.9. The van der Waals surface area contributed by atoms with Crippen LogP contribution in [0.2, 0.25) is 5.02 Å². The Hall–Kier alpha value is -3.59. The zero-order valence-electron chi connectivity index (χ0n) is 16.0. The number of hydrogen-bond donors (Lipinski definition) is 2. The van der Waals surface area contributed by atoms with Crippen molar-refractivity contribution in [2.75, 3.05) is 24.4 Å². The van der Waals surface area contributed by atoms with Gasteiger partial charge in [0.15, 0.2) is 18.1 Å². The van der Waals surface area contributed by atoms with E-state index in [2.05, 4.69) is 20.7 Å². The van der Waals surface area contributed by atoms with Crippen molar-refractivity contribution in [1.29, 1.82) is 0 Å². The van der Waals surface area contributed by atoms with Gasteiger partial charge in [0, 0.05) is 0 Å². The van der Waals surface area contributed by atoms with E-state index in [1.165, 1.54) is 13.4 Å². The average Bonchev–Trinajstić information content (AvgIpc) is 3.21. The summed E-state index contributed by atoms with van der Waals surface area (Å²) < 4.78 is 12.7. The van der Waals surface area contributed by atoms with Crippen molar-refractivity contribution in [1.82, 2.24) is 14.8 Å². The van der Waals surface area contributed by atoms with Crippen molar-refractivity contribution >= 4 is 35.1 Å². The highest BCUT2D eigenvalue weighted by Gasteiger charge is 2.28. The quantitative estimate of drug-likeness (QED) is 0.626. The predicted molar refractivity (Wildman–Crippen MR) is 110 cm³/mol. The van der Waals surface area contributed by atoms with E-state index >= 15 is 0 Å². The maximum atomic E-state index is 12.2. The van der Waals surface area contributed by atoms with E-state index in [0.29, 0.717) is 28.2 Å². The number of fused-ring (bicyclic) bond motifs is 1. The Morgan fingerprint density at radius 2 is 2.13 bits per heavy atom. The minimum Gasteiger partial charge on any atom is -0.493 e. The molecule has 0 saturated heterocycles. The molecule has 1 atom stereocenters. The largest absolute Gasteiger partial charge is 0.493 e. The van der Waals surface area contributed by atoms with Crippen molar-refractivity contribution in [2.24, 2.45) is 0 Å². The molecule has 10 heteroatoms. The topological polar surface area (TPSA) is 107 Å². The van der Waals surface area contributed by atoms with Crippen LogP contribution in [0.4, 0.5) is 11.6 Å². The number of ether oxygens (including phenoxy) is 2. The molecule has 0 radical (unpaired) electrons. The smallest absolute Gasteiger partial charge is 0.262 e. The molecule has 2 amide bonds. The average molecular weight is 428 g/mol. The summed E-state index contributed by atoms with van der Waals surface area (Å²) in [7, 11) is 1.50. The summed E-state index contributed by atoms with van der Waals surface area (Å²) in [5.74, 6) is 0.730.